The van der Waals surface area contributed by atoms with E-state index in [4.69, 9.17) is 5.26 Å². The molecule has 2 rings (SSSR count). The minimum Gasteiger partial charge on any atom is -0.352 e. The Morgan fingerprint density at radius 3 is 2.60 bits per heavy atom. The van der Waals surface area contributed by atoms with E-state index in [-0.39, 0.29) is 23.8 Å². The zero-order valence-electron chi connectivity index (χ0n) is 12.7. The molecular formula is C17H28N2O. The molecular weight excluding hydrogens is 248 g/mol. The molecule has 20 heavy (non-hydrogen) atoms. The molecule has 2 atom stereocenters. The number of rotatable bonds is 5. The highest BCUT2D eigenvalue weighted by Gasteiger charge is 2.32. The Morgan fingerprint density at radius 2 is 1.95 bits per heavy atom. The van der Waals surface area contributed by atoms with Gasteiger partial charge in [0.1, 0.15) is 0 Å². The second-order valence-corrected chi connectivity index (χ2v) is 6.64. The summed E-state index contributed by atoms with van der Waals surface area (Å²) in [7, 11) is 0. The van der Waals surface area contributed by atoms with Crippen molar-refractivity contribution in [2.75, 3.05) is 0 Å². The Bertz CT molecular complexity index is 352. The van der Waals surface area contributed by atoms with Crippen LogP contribution in [0.2, 0.25) is 0 Å². The summed E-state index contributed by atoms with van der Waals surface area (Å²) in [6.45, 7) is 2.24. The molecule has 0 saturated heterocycles. The van der Waals surface area contributed by atoms with Gasteiger partial charge in [0, 0.05) is 12.0 Å². The molecule has 0 aromatic carbocycles. The van der Waals surface area contributed by atoms with Gasteiger partial charge in [-0.3, -0.25) is 4.79 Å². The standard InChI is InChI=1S/C17H28N2O/c1-2-3-5-13-8-10-14(11-9-13)17(20)19-16-7-4-6-15(16)12-18/h13-16H,2-11H2,1H3,(H,19,20). The molecule has 3 nitrogen and oxygen atoms in total. The van der Waals surface area contributed by atoms with E-state index in [1.54, 1.807) is 0 Å². The lowest BCUT2D eigenvalue weighted by molar-refractivity contribution is -0.127. The lowest BCUT2D eigenvalue weighted by Crippen LogP contribution is -2.41. The fraction of sp³-hybridized carbons (Fsp3) is 0.882. The quantitative estimate of drug-likeness (QED) is 0.830. The fourth-order valence-corrected chi connectivity index (χ4v) is 3.79. The largest absolute Gasteiger partial charge is 0.352 e. The lowest BCUT2D eigenvalue weighted by Gasteiger charge is -2.29. The van der Waals surface area contributed by atoms with Crippen molar-refractivity contribution in [2.45, 2.75) is 77.2 Å². The van der Waals surface area contributed by atoms with Gasteiger partial charge in [0.2, 0.25) is 5.91 Å². The van der Waals surface area contributed by atoms with Gasteiger partial charge in [0.25, 0.3) is 0 Å². The van der Waals surface area contributed by atoms with Crippen molar-refractivity contribution in [3.63, 3.8) is 0 Å². The maximum atomic E-state index is 12.3. The molecule has 1 amide bonds. The minimum atomic E-state index is 0.0415. The predicted molar refractivity (Wildman–Crippen MR) is 79.9 cm³/mol. The lowest BCUT2D eigenvalue weighted by atomic mass is 9.79. The Balaban J connectivity index is 1.73. The van der Waals surface area contributed by atoms with E-state index in [2.05, 4.69) is 18.3 Å². The van der Waals surface area contributed by atoms with Crippen LogP contribution in [0.4, 0.5) is 0 Å². The molecule has 0 radical (unpaired) electrons. The second-order valence-electron chi connectivity index (χ2n) is 6.64. The molecule has 2 aliphatic carbocycles. The van der Waals surface area contributed by atoms with Crippen LogP contribution >= 0.6 is 0 Å². The number of nitrogens with one attached hydrogen (secondary N) is 1. The summed E-state index contributed by atoms with van der Waals surface area (Å²) in [5.74, 6) is 1.30. The summed E-state index contributed by atoms with van der Waals surface area (Å²) >= 11 is 0. The molecule has 0 bridgehead atoms. The van der Waals surface area contributed by atoms with Gasteiger partial charge >= 0.3 is 0 Å². The molecule has 3 heteroatoms. The summed E-state index contributed by atoms with van der Waals surface area (Å²) in [6.07, 6.45) is 11.5. The van der Waals surface area contributed by atoms with Crippen LogP contribution in [0.1, 0.15) is 71.1 Å². The van der Waals surface area contributed by atoms with Crippen LogP contribution in [0.25, 0.3) is 0 Å². The van der Waals surface area contributed by atoms with Gasteiger partial charge in [0.05, 0.1) is 12.0 Å². The van der Waals surface area contributed by atoms with Gasteiger partial charge in [0.15, 0.2) is 0 Å². The third-order valence-electron chi connectivity index (χ3n) is 5.19. The van der Waals surface area contributed by atoms with Crippen molar-refractivity contribution in [1.82, 2.24) is 5.32 Å². The molecule has 0 heterocycles. The van der Waals surface area contributed by atoms with Gasteiger partial charge in [-0.1, -0.05) is 26.2 Å². The molecule has 0 spiro atoms. The zero-order valence-corrected chi connectivity index (χ0v) is 12.7. The highest BCUT2D eigenvalue weighted by molar-refractivity contribution is 5.79. The molecule has 2 fully saturated rings. The van der Waals surface area contributed by atoms with Crippen molar-refractivity contribution in [3.8, 4) is 6.07 Å². The first kappa shape index (κ1) is 15.4. The molecule has 2 saturated carbocycles. The topological polar surface area (TPSA) is 52.9 Å². The zero-order chi connectivity index (χ0) is 14.4. The molecule has 1 N–H and O–H groups in total. The van der Waals surface area contributed by atoms with E-state index in [1.165, 1.54) is 32.1 Å². The Kier molecular flexibility index (Phi) is 5.88. The van der Waals surface area contributed by atoms with Crippen molar-refractivity contribution in [3.05, 3.63) is 0 Å². The minimum absolute atomic E-state index is 0.0415. The first-order valence-corrected chi connectivity index (χ1v) is 8.44. The summed E-state index contributed by atoms with van der Waals surface area (Å²) in [5, 5.41) is 12.2. The van der Waals surface area contributed by atoms with E-state index >= 15 is 0 Å². The van der Waals surface area contributed by atoms with E-state index in [9.17, 15) is 4.79 Å². The summed E-state index contributed by atoms with van der Waals surface area (Å²) in [5.41, 5.74) is 0. The third-order valence-corrected chi connectivity index (χ3v) is 5.19. The highest BCUT2D eigenvalue weighted by atomic mass is 16.1. The number of unbranched alkanes of at least 4 members (excludes halogenated alkanes) is 1. The Hall–Kier alpha value is -1.04. The number of nitrogens with zero attached hydrogens (tertiary/aromatic N) is 1. The van der Waals surface area contributed by atoms with Crippen LogP contribution in [-0.2, 0) is 4.79 Å². The van der Waals surface area contributed by atoms with Crippen LogP contribution in [0, 0.1) is 29.1 Å². The third kappa shape index (κ3) is 3.98. The van der Waals surface area contributed by atoms with Crippen molar-refractivity contribution in [2.24, 2.45) is 17.8 Å². The predicted octanol–water partition coefficient (Wildman–Crippen LogP) is 3.79. The van der Waals surface area contributed by atoms with Crippen LogP contribution in [-0.4, -0.2) is 11.9 Å². The smallest absolute Gasteiger partial charge is 0.223 e. The van der Waals surface area contributed by atoms with E-state index in [1.807, 2.05) is 0 Å². The summed E-state index contributed by atoms with van der Waals surface area (Å²) in [4.78, 5) is 12.3. The monoisotopic (exact) mass is 276 g/mol. The first-order valence-electron chi connectivity index (χ1n) is 8.44. The number of nitriles is 1. The SMILES string of the molecule is CCCCC1CCC(C(=O)NC2CCCC2C#N)CC1. The summed E-state index contributed by atoms with van der Waals surface area (Å²) < 4.78 is 0. The molecule has 112 valence electrons. The van der Waals surface area contributed by atoms with Crippen molar-refractivity contribution < 1.29 is 4.79 Å². The number of hydrogen-bond donors (Lipinski definition) is 1. The highest BCUT2D eigenvalue weighted by Crippen LogP contribution is 2.33. The molecule has 0 aliphatic heterocycles. The van der Waals surface area contributed by atoms with Crippen molar-refractivity contribution in [1.29, 1.82) is 5.26 Å². The number of carbonyl (C=O) groups is 1. The normalized spacial score (nSPS) is 33.6. The molecule has 0 aromatic heterocycles. The number of carbonyl (C=O) groups excluding carboxylic acids is 1. The Labute approximate surface area is 123 Å². The summed E-state index contributed by atoms with van der Waals surface area (Å²) in [6, 6.07) is 2.45. The number of amides is 1. The van der Waals surface area contributed by atoms with E-state index in [0.717, 1.165) is 38.0 Å². The second kappa shape index (κ2) is 7.67. The van der Waals surface area contributed by atoms with Crippen molar-refractivity contribution >= 4 is 5.91 Å². The molecule has 2 aliphatic rings. The number of hydrogen-bond acceptors (Lipinski definition) is 2. The fourth-order valence-electron chi connectivity index (χ4n) is 3.79. The first-order chi connectivity index (χ1) is 9.74. The van der Waals surface area contributed by atoms with Crippen LogP contribution in [0.15, 0.2) is 0 Å². The van der Waals surface area contributed by atoms with Crippen LogP contribution in [0.3, 0.4) is 0 Å². The molecule has 2 unspecified atom stereocenters. The maximum Gasteiger partial charge on any atom is 0.223 e. The van der Waals surface area contributed by atoms with Crippen LogP contribution < -0.4 is 5.32 Å². The van der Waals surface area contributed by atoms with Crippen LogP contribution in [0.5, 0.6) is 0 Å². The average Bonchev–Trinajstić information content (AvgIpc) is 2.92. The van der Waals surface area contributed by atoms with Gasteiger partial charge in [-0.25, -0.2) is 0 Å². The van der Waals surface area contributed by atoms with Gasteiger partial charge in [-0.2, -0.15) is 5.26 Å². The van der Waals surface area contributed by atoms with Gasteiger partial charge in [-0.15, -0.1) is 0 Å². The maximum absolute atomic E-state index is 12.3. The van der Waals surface area contributed by atoms with Gasteiger partial charge < -0.3 is 5.32 Å². The van der Waals surface area contributed by atoms with E-state index < -0.39 is 0 Å². The molecule has 0 aromatic rings. The Morgan fingerprint density at radius 1 is 1.20 bits per heavy atom. The average molecular weight is 276 g/mol. The van der Waals surface area contributed by atoms with Gasteiger partial charge in [-0.05, 0) is 50.9 Å². The van der Waals surface area contributed by atoms with E-state index in [0.29, 0.717) is 0 Å².